The van der Waals surface area contributed by atoms with E-state index < -0.39 is 12.0 Å². The molecule has 0 unspecified atom stereocenters. The molecule has 1 atom stereocenters. The maximum Gasteiger partial charge on any atom is 0.161 e. The zero-order valence-corrected chi connectivity index (χ0v) is 16.7. The lowest BCUT2D eigenvalue weighted by atomic mass is 10.0. The van der Waals surface area contributed by atoms with E-state index in [9.17, 15) is 9.50 Å². The van der Waals surface area contributed by atoms with Crippen LogP contribution in [0.1, 0.15) is 30.2 Å². The van der Waals surface area contributed by atoms with Crippen LogP contribution >= 0.6 is 0 Å². The Bertz CT molecular complexity index is 1110. The Morgan fingerprint density at radius 1 is 1.33 bits per heavy atom. The second-order valence-corrected chi connectivity index (χ2v) is 8.05. The maximum atomic E-state index is 14.2. The molecular weight excluding hydrogens is 385 g/mol. The molecule has 1 aliphatic carbocycles. The number of aliphatic hydroxyl groups excluding tert-OH is 1. The Labute approximate surface area is 173 Å². The molecule has 1 aliphatic heterocycles. The van der Waals surface area contributed by atoms with E-state index in [2.05, 4.69) is 19.8 Å². The molecular formula is C22H24FN5O2. The van der Waals surface area contributed by atoms with Crippen LogP contribution in [0.3, 0.4) is 0 Å². The zero-order chi connectivity index (χ0) is 20.9. The Hall–Kier alpha value is -2.97. The van der Waals surface area contributed by atoms with Crippen LogP contribution < -0.4 is 9.64 Å². The number of aliphatic hydroxyl groups is 1. The van der Waals surface area contributed by atoms with E-state index in [1.807, 2.05) is 12.3 Å². The second-order valence-electron chi connectivity index (χ2n) is 8.05. The van der Waals surface area contributed by atoms with Gasteiger partial charge in [-0.25, -0.2) is 9.37 Å². The van der Waals surface area contributed by atoms with Crippen molar-refractivity contribution in [3.63, 3.8) is 0 Å². The lowest BCUT2D eigenvalue weighted by molar-refractivity contribution is -0.0424. The number of nitrogens with one attached hydrogen (secondary N) is 2. The van der Waals surface area contributed by atoms with Crippen molar-refractivity contribution in [1.82, 2.24) is 14.9 Å². The lowest BCUT2D eigenvalue weighted by Gasteiger charge is -2.45. The highest BCUT2D eigenvalue weighted by Gasteiger charge is 2.53. The summed E-state index contributed by atoms with van der Waals surface area (Å²) in [7, 11) is 1.65. The number of rotatable bonds is 5. The number of hydrogen-bond donors (Lipinski definition) is 3. The van der Waals surface area contributed by atoms with Crippen molar-refractivity contribution in [2.24, 2.45) is 0 Å². The van der Waals surface area contributed by atoms with E-state index in [-0.39, 0.29) is 11.1 Å². The van der Waals surface area contributed by atoms with Crippen molar-refractivity contribution >= 4 is 22.9 Å². The quantitative estimate of drug-likeness (QED) is 0.564. The number of anilines is 1. The largest absolute Gasteiger partial charge is 0.493 e. The molecule has 0 bridgehead atoms. The van der Waals surface area contributed by atoms with Crippen LogP contribution in [-0.4, -0.2) is 58.5 Å². The number of nitrogens with zero attached hydrogens (tertiary/aromatic N) is 3. The summed E-state index contributed by atoms with van der Waals surface area (Å²) < 4.78 is 19.8. The number of benzene rings is 1. The molecule has 5 rings (SSSR count). The summed E-state index contributed by atoms with van der Waals surface area (Å²) in [5, 5.41) is 19.3. The van der Waals surface area contributed by atoms with Crippen molar-refractivity contribution in [1.29, 1.82) is 5.41 Å². The highest BCUT2D eigenvalue weighted by atomic mass is 19.1. The summed E-state index contributed by atoms with van der Waals surface area (Å²) in [6.07, 6.45) is 5.67. The fourth-order valence-corrected chi connectivity index (χ4v) is 4.61. The van der Waals surface area contributed by atoms with Gasteiger partial charge in [-0.3, -0.25) is 4.90 Å². The molecule has 1 saturated carbocycles. The minimum atomic E-state index is -0.879. The molecule has 7 nitrogen and oxygen atoms in total. The van der Waals surface area contributed by atoms with Crippen LogP contribution in [0.15, 0.2) is 36.7 Å². The standard InChI is InChI=1S/C22H24FN5O2/c1-30-18-12-26-20-16(4-7-25-20)19(18)27-8-9-28(22(13-27)5-6-22)21(29)14-2-3-15(11-24)17(23)10-14/h2-4,7,10-12,21,24,29H,5-6,8-9,13H2,1H3,(H,25,26)/t21-/m1/s1. The van der Waals surface area contributed by atoms with Crippen molar-refractivity contribution in [2.75, 3.05) is 31.6 Å². The van der Waals surface area contributed by atoms with Gasteiger partial charge < -0.3 is 25.1 Å². The number of fused-ring (bicyclic) bond motifs is 1. The number of pyridine rings is 1. The number of halogens is 1. The van der Waals surface area contributed by atoms with Gasteiger partial charge >= 0.3 is 0 Å². The smallest absolute Gasteiger partial charge is 0.161 e. The molecule has 1 aromatic carbocycles. The molecule has 156 valence electrons. The van der Waals surface area contributed by atoms with Crippen molar-refractivity contribution < 1.29 is 14.2 Å². The first-order chi connectivity index (χ1) is 14.6. The predicted octanol–water partition coefficient (Wildman–Crippen LogP) is 3.05. The summed E-state index contributed by atoms with van der Waals surface area (Å²) >= 11 is 0. The van der Waals surface area contributed by atoms with Crippen LogP contribution in [0.25, 0.3) is 11.0 Å². The Morgan fingerprint density at radius 2 is 2.17 bits per heavy atom. The summed E-state index contributed by atoms with van der Waals surface area (Å²) in [5.74, 6) is 0.248. The van der Waals surface area contributed by atoms with E-state index in [0.717, 1.165) is 48.1 Å². The van der Waals surface area contributed by atoms with Gasteiger partial charge in [0.1, 0.15) is 17.7 Å². The Balaban J connectivity index is 1.43. The topological polar surface area (TPSA) is 88.5 Å². The zero-order valence-electron chi connectivity index (χ0n) is 16.7. The number of methoxy groups -OCH3 is 1. The molecule has 8 heteroatoms. The van der Waals surface area contributed by atoms with Crippen LogP contribution in [0.2, 0.25) is 0 Å². The number of aromatic amines is 1. The third-order valence-electron chi connectivity index (χ3n) is 6.37. The first-order valence-electron chi connectivity index (χ1n) is 10.1. The van der Waals surface area contributed by atoms with Crippen molar-refractivity contribution in [2.45, 2.75) is 24.6 Å². The van der Waals surface area contributed by atoms with Gasteiger partial charge in [0.15, 0.2) is 5.75 Å². The van der Waals surface area contributed by atoms with Crippen LogP contribution in [0.5, 0.6) is 5.75 Å². The fraction of sp³-hybridized carbons (Fsp3) is 0.364. The molecule has 1 spiro atoms. The van der Waals surface area contributed by atoms with Gasteiger partial charge in [-0.2, -0.15) is 0 Å². The van der Waals surface area contributed by atoms with Gasteiger partial charge in [0, 0.05) is 48.5 Å². The van der Waals surface area contributed by atoms with E-state index in [4.69, 9.17) is 10.1 Å². The molecule has 2 aromatic heterocycles. The molecule has 0 amide bonds. The number of aromatic nitrogens is 2. The third kappa shape index (κ3) is 2.95. The molecule has 30 heavy (non-hydrogen) atoms. The van der Waals surface area contributed by atoms with E-state index in [1.165, 1.54) is 6.07 Å². The predicted molar refractivity (Wildman–Crippen MR) is 113 cm³/mol. The van der Waals surface area contributed by atoms with E-state index in [0.29, 0.717) is 18.7 Å². The maximum absolute atomic E-state index is 14.2. The third-order valence-corrected chi connectivity index (χ3v) is 6.37. The number of piperazine rings is 1. The van der Waals surface area contributed by atoms with E-state index in [1.54, 1.807) is 25.4 Å². The van der Waals surface area contributed by atoms with Crippen LogP contribution in [0, 0.1) is 11.2 Å². The molecule has 3 aromatic rings. The van der Waals surface area contributed by atoms with Gasteiger partial charge in [0.05, 0.1) is 19.0 Å². The molecule has 2 fully saturated rings. The molecule has 3 N–H and O–H groups in total. The Morgan fingerprint density at radius 3 is 2.87 bits per heavy atom. The van der Waals surface area contributed by atoms with E-state index >= 15 is 0 Å². The molecule has 1 saturated heterocycles. The number of ether oxygens (including phenoxy) is 1. The number of H-pyrrole nitrogens is 1. The van der Waals surface area contributed by atoms with Crippen LogP contribution in [-0.2, 0) is 0 Å². The monoisotopic (exact) mass is 409 g/mol. The molecule has 3 heterocycles. The highest BCUT2D eigenvalue weighted by molar-refractivity contribution is 5.93. The first-order valence-corrected chi connectivity index (χ1v) is 10.1. The van der Waals surface area contributed by atoms with Gasteiger partial charge in [-0.1, -0.05) is 12.1 Å². The normalized spacial score (nSPS) is 19.2. The van der Waals surface area contributed by atoms with Gasteiger partial charge in [0.2, 0.25) is 0 Å². The number of hydrogen-bond acceptors (Lipinski definition) is 6. The highest BCUT2D eigenvalue weighted by Crippen LogP contribution is 2.49. The summed E-state index contributed by atoms with van der Waals surface area (Å²) in [5.41, 5.74) is 2.43. The SMILES string of the molecule is COc1cnc2[nH]ccc2c1N1CCN([C@H](O)c2ccc(C=N)c(F)c2)C2(CC2)C1. The average molecular weight is 409 g/mol. The molecule has 2 aliphatic rings. The summed E-state index contributed by atoms with van der Waals surface area (Å²) in [6.45, 7) is 2.11. The van der Waals surface area contributed by atoms with Gasteiger partial charge in [-0.15, -0.1) is 0 Å². The first kappa shape index (κ1) is 19.0. The van der Waals surface area contributed by atoms with Crippen LogP contribution in [0.4, 0.5) is 10.1 Å². The lowest BCUT2D eigenvalue weighted by Crippen LogP contribution is -2.56. The van der Waals surface area contributed by atoms with Crippen molar-refractivity contribution in [3.05, 3.63) is 53.6 Å². The van der Waals surface area contributed by atoms with Gasteiger partial charge in [0.25, 0.3) is 0 Å². The molecule has 0 radical (unpaired) electrons. The average Bonchev–Trinajstić information content (AvgIpc) is 3.34. The minimum absolute atomic E-state index is 0.148. The van der Waals surface area contributed by atoms with Gasteiger partial charge in [-0.05, 0) is 30.5 Å². The second kappa shape index (κ2) is 7.07. The fourth-order valence-electron chi connectivity index (χ4n) is 4.61. The summed E-state index contributed by atoms with van der Waals surface area (Å²) in [6, 6.07) is 6.59. The van der Waals surface area contributed by atoms with Crippen molar-refractivity contribution in [3.8, 4) is 5.75 Å². The summed E-state index contributed by atoms with van der Waals surface area (Å²) in [4.78, 5) is 12.0. The minimum Gasteiger partial charge on any atom is -0.493 e. The Kier molecular flexibility index (Phi) is 4.48.